The van der Waals surface area contributed by atoms with E-state index < -0.39 is 6.43 Å². The third-order valence-electron chi connectivity index (χ3n) is 3.98. The molecule has 0 spiro atoms. The third kappa shape index (κ3) is 3.62. The molecular weight excluding hydrogens is 344 g/mol. The highest BCUT2D eigenvalue weighted by atomic mass is 35.5. The van der Waals surface area contributed by atoms with Crippen LogP contribution in [0.3, 0.4) is 0 Å². The van der Waals surface area contributed by atoms with E-state index in [0.29, 0.717) is 18.8 Å². The molecule has 1 fully saturated rings. The van der Waals surface area contributed by atoms with Crippen molar-refractivity contribution < 1.29 is 18.3 Å². The Morgan fingerprint density at radius 3 is 3.00 bits per heavy atom. The molecule has 10 heteroatoms. The smallest absolute Gasteiger partial charge is 0.280 e. The van der Waals surface area contributed by atoms with Gasteiger partial charge in [-0.25, -0.2) is 13.8 Å². The van der Waals surface area contributed by atoms with Crippen LogP contribution < -0.4 is 0 Å². The lowest BCUT2D eigenvalue weighted by molar-refractivity contribution is -0.136. The number of halogens is 3. The van der Waals surface area contributed by atoms with Crippen molar-refractivity contribution in [1.29, 1.82) is 0 Å². The predicted molar refractivity (Wildman–Crippen MR) is 83.4 cm³/mol. The van der Waals surface area contributed by atoms with Gasteiger partial charge in [0.05, 0.1) is 5.69 Å². The minimum atomic E-state index is -2.67. The molecule has 0 aromatic carbocycles. The van der Waals surface area contributed by atoms with Gasteiger partial charge in [0.15, 0.2) is 0 Å². The number of rotatable bonds is 4. The first kappa shape index (κ1) is 18.5. The Morgan fingerprint density at radius 1 is 1.50 bits per heavy atom. The van der Waals surface area contributed by atoms with Crippen molar-refractivity contribution >= 4 is 24.1 Å². The van der Waals surface area contributed by atoms with Crippen LogP contribution in [0.25, 0.3) is 5.78 Å². The van der Waals surface area contributed by atoms with Gasteiger partial charge in [-0.3, -0.25) is 4.79 Å². The lowest BCUT2D eigenvalue weighted by Crippen LogP contribution is -2.41. The third-order valence-corrected chi connectivity index (χ3v) is 3.98. The number of methoxy groups -OCH3 is 1. The number of fused-ring (bicyclic) bond motifs is 1. The van der Waals surface area contributed by atoms with Crippen molar-refractivity contribution in [2.45, 2.75) is 25.2 Å². The van der Waals surface area contributed by atoms with Crippen molar-refractivity contribution in [3.05, 3.63) is 23.8 Å². The molecule has 7 nitrogen and oxygen atoms in total. The van der Waals surface area contributed by atoms with Gasteiger partial charge in [0, 0.05) is 26.1 Å². The average Bonchev–Trinajstić information content (AvgIpc) is 3.02. The normalized spacial score (nSPS) is 18.0. The summed E-state index contributed by atoms with van der Waals surface area (Å²) in [6.45, 7) is 1.11. The molecule has 3 heterocycles. The molecule has 0 saturated carbocycles. The molecule has 1 amide bonds. The monoisotopic (exact) mass is 361 g/mol. The van der Waals surface area contributed by atoms with E-state index in [9.17, 15) is 13.6 Å². The van der Waals surface area contributed by atoms with Crippen molar-refractivity contribution in [1.82, 2.24) is 24.5 Å². The van der Waals surface area contributed by atoms with Crippen LogP contribution in [0.5, 0.6) is 0 Å². The Hall–Kier alpha value is -1.87. The molecule has 1 unspecified atom stereocenters. The van der Waals surface area contributed by atoms with Crippen molar-refractivity contribution in [3.8, 4) is 0 Å². The lowest BCUT2D eigenvalue weighted by Gasteiger charge is -2.32. The number of nitrogens with zero attached hydrogens (tertiary/aromatic N) is 5. The minimum absolute atomic E-state index is 0. The molecule has 2 aromatic rings. The van der Waals surface area contributed by atoms with Gasteiger partial charge in [-0.2, -0.15) is 14.6 Å². The number of hydrogen-bond acceptors (Lipinski definition) is 5. The second-order valence-electron chi connectivity index (χ2n) is 5.49. The Balaban J connectivity index is 0.00000208. The molecule has 1 aliphatic heterocycles. The zero-order chi connectivity index (χ0) is 16.4. The summed E-state index contributed by atoms with van der Waals surface area (Å²) in [5.41, 5.74) is 0.290. The van der Waals surface area contributed by atoms with Crippen LogP contribution in [-0.2, 0) is 9.53 Å². The first-order valence-corrected chi connectivity index (χ1v) is 7.35. The number of ether oxygens (including phenoxy) is 1. The largest absolute Gasteiger partial charge is 0.375 e. The molecule has 24 heavy (non-hydrogen) atoms. The molecule has 3 rings (SSSR count). The number of aromatic nitrogens is 4. The lowest BCUT2D eigenvalue weighted by atomic mass is 9.94. The fourth-order valence-corrected chi connectivity index (χ4v) is 2.88. The second kappa shape index (κ2) is 7.80. The molecule has 0 aliphatic carbocycles. The van der Waals surface area contributed by atoms with Gasteiger partial charge in [-0.05, 0) is 18.9 Å². The van der Waals surface area contributed by atoms with Gasteiger partial charge in [0.1, 0.15) is 18.6 Å². The van der Waals surface area contributed by atoms with E-state index in [4.69, 9.17) is 4.74 Å². The Bertz CT molecular complexity index is 712. The topological polar surface area (TPSA) is 72.6 Å². The predicted octanol–water partition coefficient (Wildman–Crippen LogP) is 1.84. The first-order chi connectivity index (χ1) is 11.1. The van der Waals surface area contributed by atoms with Crippen LogP contribution in [0.15, 0.2) is 12.4 Å². The molecule has 2 aromatic heterocycles. The Morgan fingerprint density at radius 2 is 2.29 bits per heavy atom. The van der Waals surface area contributed by atoms with E-state index in [1.165, 1.54) is 19.5 Å². The number of hydrogen-bond donors (Lipinski definition) is 0. The highest BCUT2D eigenvalue weighted by Gasteiger charge is 2.27. The maximum Gasteiger partial charge on any atom is 0.280 e. The summed E-state index contributed by atoms with van der Waals surface area (Å²) in [7, 11) is 1.47. The van der Waals surface area contributed by atoms with Gasteiger partial charge >= 0.3 is 0 Å². The van der Waals surface area contributed by atoms with E-state index in [1.807, 2.05) is 0 Å². The average molecular weight is 362 g/mol. The van der Waals surface area contributed by atoms with Crippen molar-refractivity contribution in [2.75, 3.05) is 26.8 Å². The maximum atomic E-state index is 13.2. The molecule has 1 saturated heterocycles. The number of carbonyl (C=O) groups is 1. The van der Waals surface area contributed by atoms with Gasteiger partial charge in [0.2, 0.25) is 5.91 Å². The quantitative estimate of drug-likeness (QED) is 0.830. The van der Waals surface area contributed by atoms with E-state index in [2.05, 4.69) is 15.1 Å². The molecule has 1 atom stereocenters. The van der Waals surface area contributed by atoms with Gasteiger partial charge in [-0.15, -0.1) is 12.4 Å². The molecule has 132 valence electrons. The molecule has 0 bridgehead atoms. The fraction of sp³-hybridized carbons (Fsp3) is 0.571. The van der Waals surface area contributed by atoms with E-state index in [0.717, 1.165) is 17.4 Å². The number of carbonyl (C=O) groups excluding carboxylic acids is 1. The van der Waals surface area contributed by atoms with Crippen LogP contribution in [-0.4, -0.2) is 57.2 Å². The summed E-state index contributed by atoms with van der Waals surface area (Å²) >= 11 is 0. The molecular formula is C14H18ClF2N5O2. The summed E-state index contributed by atoms with van der Waals surface area (Å²) in [4.78, 5) is 21.9. The fourth-order valence-electron chi connectivity index (χ4n) is 2.88. The van der Waals surface area contributed by atoms with Crippen LogP contribution in [0, 0.1) is 0 Å². The van der Waals surface area contributed by atoms with Crippen LogP contribution in [0.4, 0.5) is 8.78 Å². The maximum absolute atomic E-state index is 13.2. The number of alkyl halides is 2. The molecule has 0 radical (unpaired) electrons. The Labute approximate surface area is 143 Å². The summed E-state index contributed by atoms with van der Waals surface area (Å²) in [5, 5.41) is 3.78. The van der Waals surface area contributed by atoms with E-state index in [1.54, 1.807) is 4.90 Å². The highest BCUT2D eigenvalue weighted by molar-refractivity contribution is 5.85. The number of piperidine rings is 1. The molecule has 0 N–H and O–H groups in total. The summed E-state index contributed by atoms with van der Waals surface area (Å²) in [6.07, 6.45) is 0.115. The highest BCUT2D eigenvalue weighted by Crippen LogP contribution is 2.29. The van der Waals surface area contributed by atoms with Gasteiger partial charge < -0.3 is 9.64 Å². The standard InChI is InChI=1S/C14H17F2N5O2.ClH/c1-23-7-12(22)20-4-2-3-9(6-20)10-5-11(13(15)16)21-14(19-10)17-8-18-21;/h5,8-9,13H,2-4,6-7H2,1H3;1H. The van der Waals surface area contributed by atoms with Crippen molar-refractivity contribution in [2.24, 2.45) is 0 Å². The zero-order valence-corrected chi connectivity index (χ0v) is 13.9. The Kier molecular flexibility index (Phi) is 6.00. The molecule has 1 aliphatic rings. The minimum Gasteiger partial charge on any atom is -0.375 e. The van der Waals surface area contributed by atoms with Gasteiger partial charge in [-0.1, -0.05) is 0 Å². The van der Waals surface area contributed by atoms with E-state index >= 15 is 0 Å². The van der Waals surface area contributed by atoms with Crippen LogP contribution >= 0.6 is 12.4 Å². The van der Waals surface area contributed by atoms with Crippen LogP contribution in [0.1, 0.15) is 36.6 Å². The summed E-state index contributed by atoms with van der Waals surface area (Å²) in [6, 6.07) is 1.36. The summed E-state index contributed by atoms with van der Waals surface area (Å²) in [5.74, 6) is -0.0447. The number of amides is 1. The summed E-state index contributed by atoms with van der Waals surface area (Å²) < 4.78 is 32.4. The second-order valence-corrected chi connectivity index (χ2v) is 5.49. The van der Waals surface area contributed by atoms with E-state index in [-0.39, 0.29) is 42.3 Å². The zero-order valence-electron chi connectivity index (χ0n) is 13.1. The SMILES string of the molecule is COCC(=O)N1CCCC(c2cc(C(F)F)n3ncnc3n2)C1.Cl. The van der Waals surface area contributed by atoms with Crippen LogP contribution in [0.2, 0.25) is 0 Å². The van der Waals surface area contributed by atoms with Crippen molar-refractivity contribution in [3.63, 3.8) is 0 Å². The first-order valence-electron chi connectivity index (χ1n) is 7.35. The number of likely N-dealkylation sites (tertiary alicyclic amines) is 1. The van der Waals surface area contributed by atoms with Gasteiger partial charge in [0.25, 0.3) is 12.2 Å².